The Kier molecular flexibility index (Phi) is 5.07. The standard InChI is InChI=1S/C19H15N3O2S/c1-24-15-8-6-13(7-9-15)10-18-21-17(12-25-18)19(23)22-16-5-3-2-4-14(16)11-20/h2-9,12H,10H2,1H3,(H,22,23). The maximum atomic E-state index is 12.3. The SMILES string of the molecule is COc1ccc(Cc2nc(C(=O)Nc3ccccc3C#N)cs2)cc1. The molecule has 6 heteroatoms. The number of nitrogens with zero attached hydrogens (tertiary/aromatic N) is 2. The molecule has 0 radical (unpaired) electrons. The van der Waals surface area contributed by atoms with E-state index in [-0.39, 0.29) is 5.91 Å². The fourth-order valence-electron chi connectivity index (χ4n) is 2.29. The fraction of sp³-hybridized carbons (Fsp3) is 0.105. The van der Waals surface area contributed by atoms with E-state index in [1.165, 1.54) is 11.3 Å². The van der Waals surface area contributed by atoms with E-state index in [1.54, 1.807) is 36.8 Å². The summed E-state index contributed by atoms with van der Waals surface area (Å²) in [5.41, 5.74) is 2.35. The topological polar surface area (TPSA) is 75.0 Å². The zero-order valence-corrected chi connectivity index (χ0v) is 14.3. The van der Waals surface area contributed by atoms with Crippen LogP contribution >= 0.6 is 11.3 Å². The second-order valence-electron chi connectivity index (χ2n) is 5.26. The van der Waals surface area contributed by atoms with E-state index in [4.69, 9.17) is 10.00 Å². The highest BCUT2D eigenvalue weighted by Crippen LogP contribution is 2.19. The van der Waals surface area contributed by atoms with Gasteiger partial charge in [-0.25, -0.2) is 4.98 Å². The van der Waals surface area contributed by atoms with Gasteiger partial charge in [-0.05, 0) is 29.8 Å². The highest BCUT2D eigenvalue weighted by atomic mass is 32.1. The molecule has 1 heterocycles. The maximum Gasteiger partial charge on any atom is 0.275 e. The molecule has 0 bridgehead atoms. The van der Waals surface area contributed by atoms with Crippen LogP contribution in [-0.4, -0.2) is 18.0 Å². The van der Waals surface area contributed by atoms with Gasteiger partial charge in [-0.3, -0.25) is 4.79 Å². The fourth-order valence-corrected chi connectivity index (χ4v) is 3.10. The molecule has 0 saturated heterocycles. The van der Waals surface area contributed by atoms with Crippen molar-refractivity contribution in [2.24, 2.45) is 0 Å². The molecule has 25 heavy (non-hydrogen) atoms. The van der Waals surface area contributed by atoms with Crippen LogP contribution in [0.3, 0.4) is 0 Å². The minimum atomic E-state index is -0.320. The van der Waals surface area contributed by atoms with Crippen molar-refractivity contribution in [2.75, 3.05) is 12.4 Å². The Balaban J connectivity index is 1.70. The van der Waals surface area contributed by atoms with Gasteiger partial charge in [0.15, 0.2) is 0 Å². The highest BCUT2D eigenvalue weighted by molar-refractivity contribution is 7.09. The summed E-state index contributed by atoms with van der Waals surface area (Å²) < 4.78 is 5.14. The number of nitrogens with one attached hydrogen (secondary N) is 1. The Bertz CT molecular complexity index is 926. The highest BCUT2D eigenvalue weighted by Gasteiger charge is 2.13. The zero-order valence-electron chi connectivity index (χ0n) is 13.5. The number of hydrogen-bond donors (Lipinski definition) is 1. The van der Waals surface area contributed by atoms with Crippen LogP contribution in [0.15, 0.2) is 53.9 Å². The molecule has 0 aliphatic rings. The Morgan fingerprint density at radius 3 is 2.72 bits per heavy atom. The van der Waals surface area contributed by atoms with Crippen LogP contribution in [-0.2, 0) is 6.42 Å². The third kappa shape index (κ3) is 4.03. The predicted octanol–water partition coefficient (Wildman–Crippen LogP) is 3.87. The monoisotopic (exact) mass is 349 g/mol. The lowest BCUT2D eigenvalue weighted by Gasteiger charge is -2.04. The van der Waals surface area contributed by atoms with Crippen molar-refractivity contribution in [2.45, 2.75) is 6.42 Å². The second kappa shape index (κ2) is 7.60. The average Bonchev–Trinajstić information content (AvgIpc) is 3.11. The summed E-state index contributed by atoms with van der Waals surface area (Å²) in [6.45, 7) is 0. The van der Waals surface area contributed by atoms with Crippen molar-refractivity contribution in [3.63, 3.8) is 0 Å². The number of ether oxygens (including phenoxy) is 1. The number of amides is 1. The summed E-state index contributed by atoms with van der Waals surface area (Å²) in [6.07, 6.45) is 0.650. The maximum absolute atomic E-state index is 12.3. The molecular weight excluding hydrogens is 334 g/mol. The van der Waals surface area contributed by atoms with Crippen molar-refractivity contribution in [1.82, 2.24) is 4.98 Å². The number of benzene rings is 2. The molecular formula is C19H15N3O2S. The number of hydrogen-bond acceptors (Lipinski definition) is 5. The number of methoxy groups -OCH3 is 1. The molecule has 1 N–H and O–H groups in total. The van der Waals surface area contributed by atoms with Gasteiger partial charge in [-0.2, -0.15) is 5.26 Å². The third-order valence-corrected chi connectivity index (χ3v) is 4.44. The molecule has 2 aromatic carbocycles. The summed E-state index contributed by atoms with van der Waals surface area (Å²) >= 11 is 1.43. The van der Waals surface area contributed by atoms with Crippen molar-refractivity contribution in [1.29, 1.82) is 5.26 Å². The molecule has 5 nitrogen and oxygen atoms in total. The van der Waals surface area contributed by atoms with Gasteiger partial charge in [0.05, 0.1) is 23.4 Å². The van der Waals surface area contributed by atoms with Crippen LogP contribution in [0.4, 0.5) is 5.69 Å². The van der Waals surface area contributed by atoms with Gasteiger partial charge in [0.1, 0.15) is 17.5 Å². The van der Waals surface area contributed by atoms with Gasteiger partial charge >= 0.3 is 0 Å². The first kappa shape index (κ1) is 16.7. The van der Waals surface area contributed by atoms with Crippen LogP contribution < -0.4 is 10.1 Å². The van der Waals surface area contributed by atoms with Gasteiger partial charge in [-0.1, -0.05) is 24.3 Å². The van der Waals surface area contributed by atoms with E-state index >= 15 is 0 Å². The minimum absolute atomic E-state index is 0.320. The Hall–Kier alpha value is -3.17. The predicted molar refractivity (Wildman–Crippen MR) is 97.0 cm³/mol. The number of anilines is 1. The van der Waals surface area contributed by atoms with Crippen LogP contribution in [0.2, 0.25) is 0 Å². The van der Waals surface area contributed by atoms with Crippen LogP contribution in [0.25, 0.3) is 0 Å². The molecule has 0 aliphatic carbocycles. The van der Waals surface area contributed by atoms with Gasteiger partial charge < -0.3 is 10.1 Å². The number of nitriles is 1. The van der Waals surface area contributed by atoms with E-state index in [0.717, 1.165) is 16.3 Å². The normalized spacial score (nSPS) is 10.1. The van der Waals surface area contributed by atoms with Crippen LogP contribution in [0.5, 0.6) is 5.75 Å². The lowest BCUT2D eigenvalue weighted by atomic mass is 10.1. The first-order chi connectivity index (χ1) is 12.2. The average molecular weight is 349 g/mol. The van der Waals surface area contributed by atoms with E-state index in [9.17, 15) is 4.79 Å². The van der Waals surface area contributed by atoms with E-state index in [2.05, 4.69) is 16.4 Å². The molecule has 124 valence electrons. The number of rotatable bonds is 5. The number of carbonyl (C=O) groups is 1. The number of carbonyl (C=O) groups excluding carboxylic acids is 1. The molecule has 3 rings (SSSR count). The van der Waals surface area contributed by atoms with Crippen LogP contribution in [0.1, 0.15) is 26.6 Å². The molecule has 1 aromatic heterocycles. The van der Waals surface area contributed by atoms with Gasteiger partial charge in [0, 0.05) is 11.8 Å². The smallest absolute Gasteiger partial charge is 0.275 e. The zero-order chi connectivity index (χ0) is 17.6. The molecule has 1 amide bonds. The Morgan fingerprint density at radius 2 is 2.00 bits per heavy atom. The molecule has 3 aromatic rings. The van der Waals surface area contributed by atoms with Crippen LogP contribution in [0, 0.1) is 11.3 Å². The second-order valence-corrected chi connectivity index (χ2v) is 6.21. The van der Waals surface area contributed by atoms with E-state index < -0.39 is 0 Å². The lowest BCUT2D eigenvalue weighted by Crippen LogP contribution is -2.13. The van der Waals surface area contributed by atoms with Crippen molar-refractivity contribution in [3.8, 4) is 11.8 Å². The summed E-state index contributed by atoms with van der Waals surface area (Å²) in [7, 11) is 1.63. The molecule has 0 atom stereocenters. The minimum Gasteiger partial charge on any atom is -0.497 e. The molecule has 0 spiro atoms. The molecule has 0 fully saturated rings. The van der Waals surface area contributed by atoms with E-state index in [1.807, 2.05) is 24.3 Å². The first-order valence-corrected chi connectivity index (χ1v) is 8.45. The number of para-hydroxylation sites is 1. The summed E-state index contributed by atoms with van der Waals surface area (Å²) in [6, 6.07) is 16.7. The summed E-state index contributed by atoms with van der Waals surface area (Å²) in [5.74, 6) is 0.485. The van der Waals surface area contributed by atoms with Crippen molar-refractivity contribution in [3.05, 3.63) is 75.7 Å². The largest absolute Gasteiger partial charge is 0.497 e. The van der Waals surface area contributed by atoms with Gasteiger partial charge in [-0.15, -0.1) is 11.3 Å². The first-order valence-electron chi connectivity index (χ1n) is 7.57. The number of aromatic nitrogens is 1. The Labute approximate surface area is 149 Å². The van der Waals surface area contributed by atoms with Gasteiger partial charge in [0.25, 0.3) is 5.91 Å². The third-order valence-electron chi connectivity index (χ3n) is 3.59. The van der Waals surface area contributed by atoms with E-state index in [0.29, 0.717) is 23.4 Å². The molecule has 0 aliphatic heterocycles. The molecule has 0 saturated carbocycles. The Morgan fingerprint density at radius 1 is 1.24 bits per heavy atom. The van der Waals surface area contributed by atoms with Crippen molar-refractivity contribution >= 4 is 22.9 Å². The summed E-state index contributed by atoms with van der Waals surface area (Å²) in [5, 5.41) is 14.4. The quantitative estimate of drug-likeness (QED) is 0.759. The lowest BCUT2D eigenvalue weighted by molar-refractivity contribution is 0.102. The van der Waals surface area contributed by atoms with Gasteiger partial charge in [0.2, 0.25) is 0 Å². The van der Waals surface area contributed by atoms with Crippen molar-refractivity contribution < 1.29 is 9.53 Å². The summed E-state index contributed by atoms with van der Waals surface area (Å²) in [4.78, 5) is 16.7. The number of thiazole rings is 1. The molecule has 0 unspecified atom stereocenters.